The molecule has 2 heterocycles. The highest BCUT2D eigenvalue weighted by molar-refractivity contribution is 6.30. The first-order valence-electron chi connectivity index (χ1n) is 5.51. The van der Waals surface area contributed by atoms with E-state index < -0.39 is 0 Å². The molecule has 0 saturated heterocycles. The normalized spacial score (nSPS) is 10.4. The number of H-pyrrole nitrogens is 1. The molecule has 0 saturated carbocycles. The van der Waals surface area contributed by atoms with Crippen LogP contribution in [0.5, 0.6) is 0 Å². The van der Waals surface area contributed by atoms with Crippen molar-refractivity contribution in [3.8, 4) is 11.3 Å². The number of benzene rings is 1. The number of fused-ring (bicyclic) bond motifs is 1. The van der Waals surface area contributed by atoms with Crippen molar-refractivity contribution in [2.75, 3.05) is 0 Å². The second-order valence-electron chi connectivity index (χ2n) is 4.14. The Morgan fingerprint density at radius 3 is 2.63 bits per heavy atom. The molecule has 0 bridgehead atoms. The van der Waals surface area contributed by atoms with Gasteiger partial charge < -0.3 is 22.0 Å². The van der Waals surface area contributed by atoms with Crippen molar-refractivity contribution in [2.45, 2.75) is 0 Å². The molecule has 0 aliphatic carbocycles. The van der Waals surface area contributed by atoms with Crippen molar-refractivity contribution in [1.29, 1.82) is 0 Å². The van der Waals surface area contributed by atoms with Gasteiger partial charge in [-0.3, -0.25) is 4.79 Å². The molecule has 0 atom stereocenters. The Labute approximate surface area is 125 Å². The molecule has 0 spiro atoms. The lowest BCUT2D eigenvalue weighted by atomic mass is 10.2. The van der Waals surface area contributed by atoms with Gasteiger partial charge in [-0.2, -0.15) is 4.40 Å². The Morgan fingerprint density at radius 2 is 1.95 bits per heavy atom. The lowest BCUT2D eigenvalue weighted by Gasteiger charge is -2.00. The maximum atomic E-state index is 12.0. The summed E-state index contributed by atoms with van der Waals surface area (Å²) in [6.45, 7) is 0. The Bertz CT molecular complexity index is 777. The van der Waals surface area contributed by atoms with Gasteiger partial charge in [-0.05, 0) is 12.1 Å². The van der Waals surface area contributed by atoms with E-state index >= 15 is 0 Å². The third-order valence-electron chi connectivity index (χ3n) is 2.90. The molecule has 1 aromatic carbocycles. The predicted octanol–water partition coefficient (Wildman–Crippen LogP) is -1.22. The molecule has 0 aliphatic rings. The van der Waals surface area contributed by atoms with Crippen molar-refractivity contribution in [3.63, 3.8) is 0 Å². The number of halogens is 2. The van der Waals surface area contributed by atoms with E-state index in [2.05, 4.69) is 4.98 Å². The third-order valence-corrected chi connectivity index (χ3v) is 3.16. The van der Waals surface area contributed by atoms with Gasteiger partial charge in [0.15, 0.2) is 0 Å². The fourth-order valence-corrected chi connectivity index (χ4v) is 2.13. The van der Waals surface area contributed by atoms with Gasteiger partial charge in [-0.25, -0.2) is 4.57 Å². The SMILES string of the molecule is C[n+]1ccn2cc(-c3ccc(Cl)cc3)[nH]c(=O)c21.[Br-]. The number of aromatic nitrogens is 3. The van der Waals surface area contributed by atoms with Crippen LogP contribution in [0, 0.1) is 0 Å². The first-order valence-corrected chi connectivity index (χ1v) is 5.88. The fourth-order valence-electron chi connectivity index (χ4n) is 2.00. The largest absolute Gasteiger partial charge is 1.00 e. The summed E-state index contributed by atoms with van der Waals surface area (Å²) in [5, 5.41) is 0.675. The van der Waals surface area contributed by atoms with Gasteiger partial charge in [0, 0.05) is 10.6 Å². The minimum Gasteiger partial charge on any atom is -1.00 e. The summed E-state index contributed by atoms with van der Waals surface area (Å²) in [4.78, 5) is 14.9. The zero-order valence-corrected chi connectivity index (χ0v) is 12.4. The second-order valence-corrected chi connectivity index (χ2v) is 4.58. The molecule has 1 N–H and O–H groups in total. The van der Waals surface area contributed by atoms with Crippen molar-refractivity contribution < 1.29 is 21.5 Å². The van der Waals surface area contributed by atoms with Crippen LogP contribution in [-0.4, -0.2) is 9.38 Å². The van der Waals surface area contributed by atoms with Crippen LogP contribution in [0.3, 0.4) is 0 Å². The molecule has 3 aromatic rings. The quantitative estimate of drug-likeness (QED) is 0.554. The second kappa shape index (κ2) is 5.19. The molecule has 3 rings (SSSR count). The number of nitrogens with one attached hydrogen (secondary N) is 1. The van der Waals surface area contributed by atoms with Gasteiger partial charge in [0.05, 0.1) is 12.7 Å². The summed E-state index contributed by atoms with van der Waals surface area (Å²) in [6.07, 6.45) is 5.58. The van der Waals surface area contributed by atoms with Crippen molar-refractivity contribution in [2.24, 2.45) is 7.05 Å². The van der Waals surface area contributed by atoms with E-state index in [4.69, 9.17) is 11.6 Å². The molecule has 0 radical (unpaired) electrons. The summed E-state index contributed by atoms with van der Waals surface area (Å²) in [5.74, 6) is 0. The topological polar surface area (TPSA) is 41.1 Å². The van der Waals surface area contributed by atoms with Gasteiger partial charge in [0.25, 0.3) is 0 Å². The number of aromatic amines is 1. The number of aryl methyl sites for hydroxylation is 1. The maximum Gasteiger partial charge on any atom is 0.352 e. The highest BCUT2D eigenvalue weighted by Gasteiger charge is 2.13. The molecular formula is C13H11BrClN3O. The van der Waals surface area contributed by atoms with E-state index in [-0.39, 0.29) is 22.5 Å². The standard InChI is InChI=1S/C13H10ClN3O.BrH/c1-16-6-7-17-8-11(15-12(18)13(16)17)9-2-4-10(14)5-3-9;/h2-8H,1H3;1H. The van der Waals surface area contributed by atoms with E-state index in [1.54, 1.807) is 16.7 Å². The Hall–Kier alpha value is -1.59. The summed E-state index contributed by atoms with van der Waals surface area (Å²) >= 11 is 5.85. The summed E-state index contributed by atoms with van der Waals surface area (Å²) < 4.78 is 3.59. The highest BCUT2D eigenvalue weighted by Crippen LogP contribution is 2.18. The Morgan fingerprint density at radius 1 is 1.26 bits per heavy atom. The molecule has 0 aliphatic heterocycles. The first-order chi connectivity index (χ1) is 8.65. The van der Waals surface area contributed by atoms with Crippen LogP contribution >= 0.6 is 11.6 Å². The zero-order chi connectivity index (χ0) is 12.7. The fraction of sp³-hybridized carbons (Fsp3) is 0.0769. The van der Waals surface area contributed by atoms with Gasteiger partial charge in [-0.15, -0.1) is 0 Å². The first kappa shape index (κ1) is 13.8. The van der Waals surface area contributed by atoms with E-state index in [0.717, 1.165) is 11.3 Å². The maximum absolute atomic E-state index is 12.0. The third kappa shape index (κ3) is 2.43. The van der Waals surface area contributed by atoms with Crippen LogP contribution < -0.4 is 27.1 Å². The van der Waals surface area contributed by atoms with Crippen LogP contribution in [0.1, 0.15) is 0 Å². The molecule has 0 unspecified atom stereocenters. The molecule has 0 fully saturated rings. The molecule has 98 valence electrons. The number of hydrogen-bond acceptors (Lipinski definition) is 1. The number of hydrogen-bond donors (Lipinski definition) is 1. The average molecular weight is 341 g/mol. The van der Waals surface area contributed by atoms with Crippen LogP contribution in [-0.2, 0) is 7.05 Å². The monoisotopic (exact) mass is 339 g/mol. The van der Waals surface area contributed by atoms with E-state index in [1.807, 2.05) is 42.2 Å². The highest BCUT2D eigenvalue weighted by atomic mass is 79.9. The van der Waals surface area contributed by atoms with E-state index in [0.29, 0.717) is 10.7 Å². The average Bonchev–Trinajstić information content (AvgIpc) is 2.72. The summed E-state index contributed by atoms with van der Waals surface area (Å²) in [5.41, 5.74) is 2.18. The number of rotatable bonds is 1. The Kier molecular flexibility index (Phi) is 3.78. The lowest BCUT2D eigenvalue weighted by molar-refractivity contribution is -0.645. The van der Waals surface area contributed by atoms with Crippen molar-refractivity contribution in [3.05, 3.63) is 58.2 Å². The smallest absolute Gasteiger partial charge is 0.352 e. The number of imidazole rings is 1. The summed E-state index contributed by atoms with van der Waals surface area (Å²) in [7, 11) is 1.84. The molecule has 6 heteroatoms. The van der Waals surface area contributed by atoms with E-state index in [9.17, 15) is 4.79 Å². The lowest BCUT2D eigenvalue weighted by Crippen LogP contribution is -3.00. The van der Waals surface area contributed by atoms with Crippen LogP contribution in [0.4, 0.5) is 0 Å². The summed E-state index contributed by atoms with van der Waals surface area (Å²) in [6, 6.07) is 7.36. The van der Waals surface area contributed by atoms with Crippen molar-refractivity contribution in [1.82, 2.24) is 9.38 Å². The van der Waals surface area contributed by atoms with Gasteiger partial charge in [0.1, 0.15) is 18.6 Å². The minimum absolute atomic E-state index is 0. The molecule has 4 nitrogen and oxygen atoms in total. The molecule has 0 amide bonds. The van der Waals surface area contributed by atoms with Gasteiger partial charge >= 0.3 is 11.2 Å². The number of nitrogens with zero attached hydrogens (tertiary/aromatic N) is 2. The van der Waals surface area contributed by atoms with Crippen LogP contribution in [0.25, 0.3) is 16.9 Å². The molecule has 2 aromatic heterocycles. The zero-order valence-electron chi connectivity index (χ0n) is 10.1. The van der Waals surface area contributed by atoms with E-state index in [1.165, 1.54) is 0 Å². The van der Waals surface area contributed by atoms with Crippen LogP contribution in [0.15, 0.2) is 47.7 Å². The predicted molar refractivity (Wildman–Crippen MR) is 69.6 cm³/mol. The van der Waals surface area contributed by atoms with Gasteiger partial charge in [0.2, 0.25) is 0 Å². The Balaban J connectivity index is 0.00000133. The molecule has 19 heavy (non-hydrogen) atoms. The van der Waals surface area contributed by atoms with Crippen molar-refractivity contribution >= 4 is 17.2 Å². The van der Waals surface area contributed by atoms with Gasteiger partial charge in [-0.1, -0.05) is 23.7 Å². The minimum atomic E-state index is -0.116. The molecular weight excluding hydrogens is 330 g/mol. The van der Waals surface area contributed by atoms with Crippen LogP contribution in [0.2, 0.25) is 5.02 Å².